The summed E-state index contributed by atoms with van der Waals surface area (Å²) in [4.78, 5) is 17.2. The Labute approximate surface area is 295 Å². The van der Waals surface area contributed by atoms with Crippen molar-refractivity contribution in [3.8, 4) is 5.69 Å². The van der Waals surface area contributed by atoms with Gasteiger partial charge in [0.05, 0.1) is 22.7 Å². The summed E-state index contributed by atoms with van der Waals surface area (Å²) in [6.07, 6.45) is 1.54. The Bertz CT molecular complexity index is 2500. The van der Waals surface area contributed by atoms with E-state index in [-0.39, 0.29) is 5.63 Å². The summed E-state index contributed by atoms with van der Waals surface area (Å²) in [5.41, 5.74) is 10.1. The average molecular weight is 660 g/mol. The number of benzene rings is 7. The van der Waals surface area contributed by atoms with E-state index < -0.39 is 0 Å². The molecule has 0 fully saturated rings. The Hall–Kier alpha value is -6.85. The minimum Gasteiger partial charge on any atom is -0.431 e. The summed E-state index contributed by atoms with van der Waals surface area (Å²) in [5, 5.41) is 3.69. The Kier molecular flexibility index (Phi) is 7.44. The molecular formula is C46H33N3O2. The SMILES string of the molecule is Cc1coc(=O)c2ccc(-n3c4ccc(N(c5ccccc5)c5ccccc5)cc4c4cc(N(c5ccccc5)c5ccccc5)ccc43)cc12. The van der Waals surface area contributed by atoms with E-state index in [1.54, 1.807) is 6.26 Å². The molecule has 5 heteroatoms. The molecule has 0 aliphatic heterocycles. The summed E-state index contributed by atoms with van der Waals surface area (Å²) in [5.74, 6) is 0. The van der Waals surface area contributed by atoms with Crippen molar-refractivity contribution in [2.75, 3.05) is 9.80 Å². The molecule has 0 aliphatic carbocycles. The predicted octanol–water partition coefficient (Wildman–Crippen LogP) is 12.1. The standard InChI is InChI=1S/C46H33N3O2/c1-32-31-51-46(50)40-25-22-39(28-41(32)40)49-44-26-23-37(47(33-14-6-2-7-15-33)34-16-8-3-9-17-34)29-42(44)43-30-38(24-27-45(43)49)48(35-18-10-4-11-19-35)36-20-12-5-13-21-36/h2-31H,1H3. The molecule has 0 amide bonds. The van der Waals surface area contributed by atoms with Gasteiger partial charge in [0.1, 0.15) is 0 Å². The lowest BCUT2D eigenvalue weighted by Crippen LogP contribution is -2.09. The number of aryl methyl sites for hydroxylation is 1. The van der Waals surface area contributed by atoms with E-state index in [0.29, 0.717) is 5.39 Å². The Morgan fingerprint density at radius 2 is 0.863 bits per heavy atom. The van der Waals surface area contributed by atoms with Gasteiger partial charge in [-0.25, -0.2) is 4.79 Å². The van der Waals surface area contributed by atoms with E-state index in [2.05, 4.69) is 154 Å². The first-order valence-electron chi connectivity index (χ1n) is 17.1. The lowest BCUT2D eigenvalue weighted by atomic mass is 10.1. The summed E-state index contributed by atoms with van der Waals surface area (Å²) < 4.78 is 7.59. The molecule has 7 aromatic carbocycles. The van der Waals surface area contributed by atoms with Crippen LogP contribution in [0.5, 0.6) is 0 Å². The quantitative estimate of drug-likeness (QED) is 0.171. The van der Waals surface area contributed by atoms with Gasteiger partial charge in [-0.2, -0.15) is 0 Å². The highest BCUT2D eigenvalue weighted by Crippen LogP contribution is 2.42. The number of nitrogens with zero attached hydrogens (tertiary/aromatic N) is 3. The van der Waals surface area contributed by atoms with Crippen LogP contribution in [0.4, 0.5) is 34.1 Å². The van der Waals surface area contributed by atoms with Crippen LogP contribution in [0.2, 0.25) is 0 Å². The van der Waals surface area contributed by atoms with Crippen molar-refractivity contribution in [2.24, 2.45) is 0 Å². The van der Waals surface area contributed by atoms with Gasteiger partial charge in [-0.05, 0) is 121 Å². The Morgan fingerprint density at radius 1 is 0.431 bits per heavy atom. The third-order valence-corrected chi connectivity index (χ3v) is 9.56. The number of hydrogen-bond donors (Lipinski definition) is 0. The monoisotopic (exact) mass is 659 g/mol. The van der Waals surface area contributed by atoms with Gasteiger partial charge in [0.15, 0.2) is 0 Å². The van der Waals surface area contributed by atoms with Crippen molar-refractivity contribution in [3.05, 3.63) is 198 Å². The summed E-state index contributed by atoms with van der Waals surface area (Å²) in [6.45, 7) is 1.98. The Balaban J connectivity index is 1.33. The minimum absolute atomic E-state index is 0.331. The van der Waals surface area contributed by atoms with E-state index in [9.17, 15) is 4.79 Å². The fourth-order valence-electron chi connectivity index (χ4n) is 7.20. The molecule has 9 aromatic rings. The summed E-state index contributed by atoms with van der Waals surface area (Å²) >= 11 is 0. The molecule has 0 radical (unpaired) electrons. The average Bonchev–Trinajstić information content (AvgIpc) is 3.51. The van der Waals surface area contributed by atoms with Crippen LogP contribution in [0, 0.1) is 6.92 Å². The number of anilines is 6. The first kappa shape index (κ1) is 30.2. The zero-order chi connectivity index (χ0) is 34.3. The maximum absolute atomic E-state index is 12.6. The highest BCUT2D eigenvalue weighted by atomic mass is 16.4. The van der Waals surface area contributed by atoms with Crippen molar-refractivity contribution < 1.29 is 4.42 Å². The third-order valence-electron chi connectivity index (χ3n) is 9.56. The van der Waals surface area contributed by atoms with Crippen LogP contribution in [0.15, 0.2) is 191 Å². The van der Waals surface area contributed by atoms with Gasteiger partial charge in [-0.15, -0.1) is 0 Å². The van der Waals surface area contributed by atoms with Crippen molar-refractivity contribution >= 4 is 66.7 Å². The molecule has 0 bridgehead atoms. The zero-order valence-electron chi connectivity index (χ0n) is 28.0. The molecule has 0 spiro atoms. The molecule has 0 unspecified atom stereocenters. The van der Waals surface area contributed by atoms with Crippen LogP contribution in [0.25, 0.3) is 38.3 Å². The summed E-state index contributed by atoms with van der Waals surface area (Å²) in [7, 11) is 0. The summed E-state index contributed by atoms with van der Waals surface area (Å²) in [6, 6.07) is 61.3. The molecule has 0 N–H and O–H groups in total. The van der Waals surface area contributed by atoms with E-state index >= 15 is 0 Å². The topological polar surface area (TPSA) is 41.6 Å². The van der Waals surface area contributed by atoms with Crippen LogP contribution >= 0.6 is 0 Å². The zero-order valence-corrected chi connectivity index (χ0v) is 28.0. The fraction of sp³-hybridized carbons (Fsp3) is 0.0217. The molecule has 51 heavy (non-hydrogen) atoms. The largest absolute Gasteiger partial charge is 0.431 e. The molecule has 2 aromatic heterocycles. The fourth-order valence-corrected chi connectivity index (χ4v) is 7.20. The third kappa shape index (κ3) is 5.32. The van der Waals surface area contributed by atoms with Gasteiger partial charge in [-0.1, -0.05) is 72.8 Å². The van der Waals surface area contributed by atoms with Crippen LogP contribution in [0.1, 0.15) is 5.56 Å². The molecule has 0 aliphatic rings. The maximum Gasteiger partial charge on any atom is 0.343 e. The van der Waals surface area contributed by atoms with E-state index in [1.807, 2.05) is 43.3 Å². The second kappa shape index (κ2) is 12.6. The second-order valence-electron chi connectivity index (χ2n) is 12.7. The number of aromatic nitrogens is 1. The van der Waals surface area contributed by atoms with E-state index in [0.717, 1.165) is 72.6 Å². The lowest BCUT2D eigenvalue weighted by molar-refractivity contribution is 0.516. The van der Waals surface area contributed by atoms with Crippen LogP contribution in [0.3, 0.4) is 0 Å². The van der Waals surface area contributed by atoms with Gasteiger partial charge < -0.3 is 18.8 Å². The van der Waals surface area contributed by atoms with Crippen LogP contribution in [-0.4, -0.2) is 4.57 Å². The molecule has 244 valence electrons. The molecule has 0 saturated carbocycles. The number of rotatable bonds is 7. The molecule has 9 rings (SSSR count). The normalized spacial score (nSPS) is 11.3. The van der Waals surface area contributed by atoms with Crippen LogP contribution < -0.4 is 15.4 Å². The number of para-hydroxylation sites is 4. The molecule has 5 nitrogen and oxygen atoms in total. The minimum atomic E-state index is -0.331. The Morgan fingerprint density at radius 3 is 1.29 bits per heavy atom. The first-order valence-corrected chi connectivity index (χ1v) is 17.1. The van der Waals surface area contributed by atoms with E-state index in [1.165, 1.54) is 0 Å². The first-order chi connectivity index (χ1) is 25.1. The van der Waals surface area contributed by atoms with Crippen molar-refractivity contribution in [1.82, 2.24) is 4.57 Å². The lowest BCUT2D eigenvalue weighted by Gasteiger charge is -2.26. The van der Waals surface area contributed by atoms with Gasteiger partial charge >= 0.3 is 5.63 Å². The highest BCUT2D eigenvalue weighted by molar-refractivity contribution is 6.12. The predicted molar refractivity (Wildman–Crippen MR) is 211 cm³/mol. The van der Waals surface area contributed by atoms with E-state index in [4.69, 9.17) is 4.42 Å². The van der Waals surface area contributed by atoms with Gasteiger partial charge in [0, 0.05) is 50.6 Å². The highest BCUT2D eigenvalue weighted by Gasteiger charge is 2.20. The molecule has 0 saturated heterocycles. The van der Waals surface area contributed by atoms with Gasteiger partial charge in [-0.3, -0.25) is 0 Å². The van der Waals surface area contributed by atoms with Crippen molar-refractivity contribution in [1.29, 1.82) is 0 Å². The number of fused-ring (bicyclic) bond motifs is 4. The molecular weight excluding hydrogens is 627 g/mol. The smallest absolute Gasteiger partial charge is 0.343 e. The maximum atomic E-state index is 12.6. The van der Waals surface area contributed by atoms with Gasteiger partial charge in [0.25, 0.3) is 0 Å². The van der Waals surface area contributed by atoms with Crippen molar-refractivity contribution in [2.45, 2.75) is 6.92 Å². The van der Waals surface area contributed by atoms with Crippen LogP contribution in [-0.2, 0) is 0 Å². The second-order valence-corrected chi connectivity index (χ2v) is 12.7. The molecule has 2 heterocycles. The molecule has 0 atom stereocenters. The number of hydrogen-bond acceptors (Lipinski definition) is 4. The van der Waals surface area contributed by atoms with Gasteiger partial charge in [0.2, 0.25) is 0 Å². The van der Waals surface area contributed by atoms with Crippen molar-refractivity contribution in [3.63, 3.8) is 0 Å².